The summed E-state index contributed by atoms with van der Waals surface area (Å²) < 4.78 is 10.8. The Labute approximate surface area is 221 Å². The van der Waals surface area contributed by atoms with E-state index in [1.807, 2.05) is 41.4 Å². The molecule has 7 nitrogen and oxygen atoms in total. The fourth-order valence-corrected chi connectivity index (χ4v) is 6.49. The van der Waals surface area contributed by atoms with Crippen LogP contribution in [-0.4, -0.2) is 35.3 Å². The minimum Gasteiger partial charge on any atom is -0.454 e. The Morgan fingerprint density at radius 2 is 1.68 bits per heavy atom. The van der Waals surface area contributed by atoms with E-state index < -0.39 is 29.8 Å². The maximum atomic E-state index is 14.0. The van der Waals surface area contributed by atoms with Crippen molar-refractivity contribution in [3.8, 4) is 11.5 Å². The molecule has 0 spiro atoms. The van der Waals surface area contributed by atoms with Gasteiger partial charge in [-0.15, -0.1) is 0 Å². The van der Waals surface area contributed by atoms with Crippen molar-refractivity contribution < 1.29 is 23.9 Å². The summed E-state index contributed by atoms with van der Waals surface area (Å²) in [5.41, 5.74) is 2.48. The number of rotatable bonds is 3. The van der Waals surface area contributed by atoms with Crippen molar-refractivity contribution in [2.75, 3.05) is 11.7 Å². The first-order valence-electron chi connectivity index (χ1n) is 11.8. The van der Waals surface area contributed by atoms with E-state index in [1.54, 1.807) is 30.3 Å². The number of imide groups is 1. The van der Waals surface area contributed by atoms with Crippen molar-refractivity contribution in [3.63, 3.8) is 0 Å². The van der Waals surface area contributed by atoms with Crippen molar-refractivity contribution in [2.45, 2.75) is 12.1 Å². The van der Waals surface area contributed by atoms with Gasteiger partial charge >= 0.3 is 0 Å². The third-order valence-corrected chi connectivity index (χ3v) is 8.09. The number of halogens is 2. The highest BCUT2D eigenvalue weighted by Crippen LogP contribution is 2.54. The van der Waals surface area contributed by atoms with Crippen LogP contribution in [0.25, 0.3) is 6.08 Å². The predicted molar refractivity (Wildman–Crippen MR) is 137 cm³/mol. The van der Waals surface area contributed by atoms with E-state index in [1.165, 1.54) is 11.0 Å². The molecule has 37 heavy (non-hydrogen) atoms. The smallest absolute Gasteiger partial charge is 0.240 e. The molecule has 2 amide bonds. The van der Waals surface area contributed by atoms with Gasteiger partial charge in [0.1, 0.15) is 6.04 Å². The summed E-state index contributed by atoms with van der Waals surface area (Å²) >= 11 is 12.5. The second-order valence-electron chi connectivity index (χ2n) is 9.37. The minimum absolute atomic E-state index is 0.0739. The third-order valence-electron chi connectivity index (χ3n) is 7.54. The van der Waals surface area contributed by atoms with Crippen LogP contribution in [0.2, 0.25) is 10.0 Å². The molecule has 4 aliphatic heterocycles. The van der Waals surface area contributed by atoms with Crippen LogP contribution in [0.3, 0.4) is 0 Å². The number of hydrogen-bond acceptors (Lipinski definition) is 6. The zero-order chi connectivity index (χ0) is 25.4. The zero-order valence-corrected chi connectivity index (χ0v) is 20.6. The highest BCUT2D eigenvalue weighted by atomic mass is 35.5. The number of ketones is 1. The molecule has 0 bridgehead atoms. The molecule has 3 aromatic carbocycles. The summed E-state index contributed by atoms with van der Waals surface area (Å²) in [7, 11) is 0. The van der Waals surface area contributed by atoms with Gasteiger partial charge in [-0.2, -0.15) is 0 Å². The van der Waals surface area contributed by atoms with Gasteiger partial charge in [-0.25, -0.2) is 4.90 Å². The second-order valence-corrected chi connectivity index (χ2v) is 10.2. The molecular weight excluding hydrogens is 515 g/mol. The highest BCUT2D eigenvalue weighted by Gasteiger charge is 2.64. The number of hydrogen-bond donors (Lipinski definition) is 0. The van der Waals surface area contributed by atoms with E-state index in [0.29, 0.717) is 22.2 Å². The molecule has 0 unspecified atom stereocenters. The predicted octanol–water partition coefficient (Wildman–Crippen LogP) is 5.12. The minimum atomic E-state index is -0.922. The number of fused-ring (bicyclic) bond motifs is 6. The van der Waals surface area contributed by atoms with Gasteiger partial charge in [0.25, 0.3) is 0 Å². The van der Waals surface area contributed by atoms with Gasteiger partial charge < -0.3 is 14.4 Å². The lowest BCUT2D eigenvalue weighted by molar-refractivity contribution is -0.123. The van der Waals surface area contributed by atoms with Gasteiger partial charge in [-0.3, -0.25) is 14.4 Å². The number of Topliss-reactive ketones (excluding diaryl/α,β-unsaturated/α-hetero) is 1. The van der Waals surface area contributed by atoms with E-state index in [2.05, 4.69) is 0 Å². The number of carbonyl (C=O) groups is 3. The molecule has 7 rings (SSSR count). The van der Waals surface area contributed by atoms with Crippen LogP contribution in [0.4, 0.5) is 5.69 Å². The maximum absolute atomic E-state index is 14.0. The van der Waals surface area contributed by atoms with E-state index in [0.717, 1.165) is 11.1 Å². The van der Waals surface area contributed by atoms with Crippen molar-refractivity contribution in [3.05, 3.63) is 93.6 Å². The molecule has 0 aliphatic carbocycles. The molecule has 0 saturated carbocycles. The standard InChI is InChI=1S/C28H18Cl2N2O5/c29-15-5-7-18(19(30)11-15)26(33)25-23-22(24-17-4-2-1-3-14(17)9-10-31(24)25)27(34)32(28(23)35)16-6-8-20-21(12-16)37-13-36-20/h1-12,22-25H,13H2/t22-,23-,24-,25+/m0/s1. The number of benzene rings is 3. The molecular formula is C28H18Cl2N2O5. The third kappa shape index (κ3) is 3.17. The van der Waals surface area contributed by atoms with E-state index in [9.17, 15) is 14.4 Å². The van der Waals surface area contributed by atoms with Crippen LogP contribution in [0.5, 0.6) is 11.5 Å². The summed E-state index contributed by atoms with van der Waals surface area (Å²) in [6.07, 6.45) is 3.71. The van der Waals surface area contributed by atoms with Gasteiger partial charge in [0.15, 0.2) is 17.3 Å². The van der Waals surface area contributed by atoms with Crippen molar-refractivity contribution in [2.24, 2.45) is 11.8 Å². The normalized spacial score (nSPS) is 24.8. The molecule has 2 saturated heterocycles. The molecule has 4 aliphatic rings. The Bertz CT molecular complexity index is 1550. The Balaban J connectivity index is 1.37. The summed E-state index contributed by atoms with van der Waals surface area (Å²) in [4.78, 5) is 45.1. The van der Waals surface area contributed by atoms with E-state index >= 15 is 0 Å². The Morgan fingerprint density at radius 1 is 0.892 bits per heavy atom. The summed E-state index contributed by atoms with van der Waals surface area (Å²) in [6.45, 7) is 0.0739. The summed E-state index contributed by atoms with van der Waals surface area (Å²) in [6, 6.07) is 15.9. The summed E-state index contributed by atoms with van der Waals surface area (Å²) in [5.74, 6) is -1.78. The lowest BCUT2D eigenvalue weighted by Crippen LogP contribution is -2.44. The molecule has 4 atom stereocenters. The molecule has 3 aromatic rings. The maximum Gasteiger partial charge on any atom is 0.240 e. The van der Waals surface area contributed by atoms with Crippen LogP contribution in [0, 0.1) is 11.8 Å². The van der Waals surface area contributed by atoms with Gasteiger partial charge in [0.2, 0.25) is 18.6 Å². The number of nitrogens with zero attached hydrogens (tertiary/aromatic N) is 2. The number of ether oxygens (including phenoxy) is 2. The fraction of sp³-hybridized carbons (Fsp3) is 0.179. The van der Waals surface area contributed by atoms with Crippen LogP contribution in [0.15, 0.2) is 66.9 Å². The van der Waals surface area contributed by atoms with Crippen LogP contribution in [-0.2, 0) is 9.59 Å². The number of amides is 2. The summed E-state index contributed by atoms with van der Waals surface area (Å²) in [5, 5.41) is 0.597. The van der Waals surface area contributed by atoms with Gasteiger partial charge in [-0.05, 0) is 47.5 Å². The van der Waals surface area contributed by atoms with Crippen molar-refractivity contribution >= 4 is 52.6 Å². The molecule has 184 valence electrons. The van der Waals surface area contributed by atoms with E-state index in [4.69, 9.17) is 32.7 Å². The zero-order valence-electron chi connectivity index (χ0n) is 19.1. The molecule has 0 radical (unpaired) electrons. The Morgan fingerprint density at radius 3 is 2.51 bits per heavy atom. The average molecular weight is 533 g/mol. The lowest BCUT2D eigenvalue weighted by atomic mass is 9.83. The first-order chi connectivity index (χ1) is 17.9. The van der Waals surface area contributed by atoms with Crippen molar-refractivity contribution in [1.82, 2.24) is 4.90 Å². The monoisotopic (exact) mass is 532 g/mol. The van der Waals surface area contributed by atoms with Gasteiger partial charge in [0.05, 0.1) is 28.6 Å². The van der Waals surface area contributed by atoms with E-state index in [-0.39, 0.29) is 29.1 Å². The molecule has 4 heterocycles. The Hall–Kier alpha value is -3.81. The van der Waals surface area contributed by atoms with Crippen LogP contribution in [0.1, 0.15) is 27.5 Å². The SMILES string of the molecule is O=C(c1ccc(Cl)cc1Cl)[C@H]1[C@H]2C(=O)N(c3ccc4c(c3)OCO4)C(=O)[C@@H]2[C@@H]2c3ccccc3C=CN12. The largest absolute Gasteiger partial charge is 0.454 e. The second kappa shape index (κ2) is 8.10. The van der Waals surface area contributed by atoms with Crippen LogP contribution < -0.4 is 14.4 Å². The van der Waals surface area contributed by atoms with Gasteiger partial charge in [0, 0.05) is 22.9 Å². The van der Waals surface area contributed by atoms with Gasteiger partial charge in [-0.1, -0.05) is 47.5 Å². The van der Waals surface area contributed by atoms with Crippen molar-refractivity contribution in [1.29, 1.82) is 0 Å². The Kier molecular flexibility index (Phi) is 4.90. The first-order valence-corrected chi connectivity index (χ1v) is 12.5. The number of anilines is 1. The molecule has 2 fully saturated rings. The lowest BCUT2D eigenvalue weighted by Gasteiger charge is -2.35. The highest BCUT2D eigenvalue weighted by molar-refractivity contribution is 6.37. The number of carbonyl (C=O) groups excluding carboxylic acids is 3. The molecule has 0 N–H and O–H groups in total. The molecule has 9 heteroatoms. The fourth-order valence-electron chi connectivity index (χ4n) is 5.98. The first kappa shape index (κ1) is 22.4. The quantitative estimate of drug-likeness (QED) is 0.344. The average Bonchev–Trinajstić information content (AvgIpc) is 3.56. The molecule has 0 aromatic heterocycles. The van der Waals surface area contributed by atoms with Crippen LogP contribution >= 0.6 is 23.2 Å². The topological polar surface area (TPSA) is 76.1 Å².